The van der Waals surface area contributed by atoms with Gasteiger partial charge in [-0.05, 0) is 50.6 Å². The van der Waals surface area contributed by atoms with E-state index in [1.54, 1.807) is 6.92 Å². The zero-order chi connectivity index (χ0) is 21.3. The molecule has 158 valence electrons. The van der Waals surface area contributed by atoms with Crippen LogP contribution >= 0.6 is 0 Å². The molecule has 0 aliphatic carbocycles. The number of rotatable bonds is 6. The van der Waals surface area contributed by atoms with E-state index in [1.165, 1.54) is 6.92 Å². The average molecular weight is 409 g/mol. The maximum Gasteiger partial charge on any atom is 0.272 e. The number of ether oxygens (including phenoxy) is 1. The predicted molar refractivity (Wildman–Crippen MR) is 117 cm³/mol. The van der Waals surface area contributed by atoms with E-state index in [-0.39, 0.29) is 11.7 Å². The Morgan fingerprint density at radius 3 is 2.60 bits per heavy atom. The second-order valence-electron chi connectivity index (χ2n) is 7.87. The zero-order valence-corrected chi connectivity index (χ0v) is 17.7. The zero-order valence-electron chi connectivity index (χ0n) is 17.7. The van der Waals surface area contributed by atoms with Gasteiger partial charge in [-0.1, -0.05) is 0 Å². The van der Waals surface area contributed by atoms with Crippen LogP contribution in [0.15, 0.2) is 30.5 Å². The molecule has 2 aromatic heterocycles. The van der Waals surface area contributed by atoms with Crippen LogP contribution in [0.25, 0.3) is 10.9 Å². The number of anilines is 1. The van der Waals surface area contributed by atoms with Gasteiger partial charge < -0.3 is 19.6 Å². The topological polar surface area (TPSA) is 79.4 Å². The highest BCUT2D eigenvalue weighted by Gasteiger charge is 2.20. The van der Waals surface area contributed by atoms with Gasteiger partial charge >= 0.3 is 0 Å². The number of fused-ring (bicyclic) bond motifs is 1. The lowest BCUT2D eigenvalue weighted by atomic mass is 10.1. The third kappa shape index (κ3) is 4.04. The van der Waals surface area contributed by atoms with Gasteiger partial charge in [-0.3, -0.25) is 14.5 Å². The van der Waals surface area contributed by atoms with Gasteiger partial charge in [0.2, 0.25) is 0 Å². The fourth-order valence-corrected chi connectivity index (χ4v) is 4.25. The van der Waals surface area contributed by atoms with Crippen molar-refractivity contribution in [2.45, 2.75) is 27.3 Å². The lowest BCUT2D eigenvalue weighted by Gasteiger charge is -2.26. The molecule has 1 aliphatic heterocycles. The van der Waals surface area contributed by atoms with Crippen molar-refractivity contribution in [1.82, 2.24) is 14.5 Å². The van der Waals surface area contributed by atoms with E-state index < -0.39 is 0 Å². The Kier molecular flexibility index (Phi) is 5.74. The van der Waals surface area contributed by atoms with Crippen LogP contribution in [-0.4, -0.2) is 59.0 Å². The molecular formula is C23H28N4O3. The number of Topliss-reactive ketones (excluding diaryl/α,β-unsaturated/α-hetero) is 1. The van der Waals surface area contributed by atoms with Gasteiger partial charge in [0.05, 0.1) is 13.2 Å². The number of aryl methyl sites for hydroxylation is 1. The second-order valence-corrected chi connectivity index (χ2v) is 7.87. The molecule has 1 aliphatic rings. The van der Waals surface area contributed by atoms with Gasteiger partial charge in [0.25, 0.3) is 5.91 Å². The number of aromatic amines is 1. The Bertz CT molecular complexity index is 1090. The van der Waals surface area contributed by atoms with Crippen LogP contribution in [0.4, 0.5) is 5.69 Å². The first kappa shape index (κ1) is 20.4. The molecule has 0 saturated carbocycles. The van der Waals surface area contributed by atoms with Crippen molar-refractivity contribution in [3.8, 4) is 0 Å². The van der Waals surface area contributed by atoms with Gasteiger partial charge in [-0.15, -0.1) is 0 Å². The van der Waals surface area contributed by atoms with Gasteiger partial charge in [0.15, 0.2) is 5.78 Å². The number of benzene rings is 1. The van der Waals surface area contributed by atoms with Gasteiger partial charge in [0.1, 0.15) is 5.69 Å². The lowest BCUT2D eigenvalue weighted by molar-refractivity contribution is 0.0365. The number of carbonyl (C=O) groups excluding carboxylic acids is 2. The van der Waals surface area contributed by atoms with E-state index in [2.05, 4.69) is 32.0 Å². The smallest absolute Gasteiger partial charge is 0.272 e. The number of nitrogens with zero attached hydrogens (tertiary/aromatic N) is 2. The minimum atomic E-state index is -0.241. The van der Waals surface area contributed by atoms with Crippen molar-refractivity contribution in [2.24, 2.45) is 0 Å². The Morgan fingerprint density at radius 1 is 1.13 bits per heavy atom. The van der Waals surface area contributed by atoms with E-state index in [1.807, 2.05) is 25.1 Å². The summed E-state index contributed by atoms with van der Waals surface area (Å²) in [5.74, 6) is -0.283. The van der Waals surface area contributed by atoms with Crippen LogP contribution < -0.4 is 5.32 Å². The molecule has 1 saturated heterocycles. The van der Waals surface area contributed by atoms with E-state index >= 15 is 0 Å². The number of nitrogens with one attached hydrogen (secondary N) is 2. The standard InChI is InChI=1S/C23H28N4O3/c1-15-21(17(3)28)16(2)24-22(15)23(29)25-19-4-5-20-18(14-19)6-7-27(20)9-8-26-10-12-30-13-11-26/h4-7,14,24H,8-13H2,1-3H3,(H,25,29). The van der Waals surface area contributed by atoms with Crippen LogP contribution in [0.1, 0.15) is 39.0 Å². The molecule has 0 bridgehead atoms. The molecule has 7 nitrogen and oxygen atoms in total. The van der Waals surface area contributed by atoms with E-state index in [4.69, 9.17) is 4.74 Å². The maximum absolute atomic E-state index is 12.8. The number of aromatic nitrogens is 2. The SMILES string of the molecule is CC(=O)c1c(C)[nH]c(C(=O)Nc2ccc3c(ccn3CCN3CCOCC3)c2)c1C. The summed E-state index contributed by atoms with van der Waals surface area (Å²) in [6.07, 6.45) is 2.09. The Morgan fingerprint density at radius 2 is 1.90 bits per heavy atom. The van der Waals surface area contributed by atoms with Crippen LogP contribution in [0.3, 0.4) is 0 Å². The summed E-state index contributed by atoms with van der Waals surface area (Å²) < 4.78 is 7.65. The fraction of sp³-hybridized carbons (Fsp3) is 0.391. The van der Waals surface area contributed by atoms with Crippen molar-refractivity contribution in [3.63, 3.8) is 0 Å². The molecule has 0 radical (unpaired) electrons. The summed E-state index contributed by atoms with van der Waals surface area (Å²) in [6.45, 7) is 10.6. The number of morpholine rings is 1. The van der Waals surface area contributed by atoms with E-state index in [0.29, 0.717) is 16.8 Å². The van der Waals surface area contributed by atoms with E-state index in [9.17, 15) is 9.59 Å². The van der Waals surface area contributed by atoms with Crippen molar-refractivity contribution < 1.29 is 14.3 Å². The van der Waals surface area contributed by atoms with Gasteiger partial charge in [-0.25, -0.2) is 0 Å². The first-order valence-electron chi connectivity index (χ1n) is 10.3. The molecule has 4 rings (SSSR count). The molecule has 0 spiro atoms. The number of ketones is 1. The molecule has 0 atom stereocenters. The first-order valence-corrected chi connectivity index (χ1v) is 10.3. The van der Waals surface area contributed by atoms with Crippen molar-refractivity contribution >= 4 is 28.3 Å². The normalized spacial score (nSPS) is 14.9. The van der Waals surface area contributed by atoms with Crippen molar-refractivity contribution in [2.75, 3.05) is 38.2 Å². The summed E-state index contributed by atoms with van der Waals surface area (Å²) in [6, 6.07) is 8.01. The Balaban J connectivity index is 1.47. The summed E-state index contributed by atoms with van der Waals surface area (Å²) in [7, 11) is 0. The van der Waals surface area contributed by atoms with E-state index in [0.717, 1.165) is 61.7 Å². The molecule has 1 aromatic carbocycles. The third-order valence-corrected chi connectivity index (χ3v) is 5.81. The fourth-order valence-electron chi connectivity index (χ4n) is 4.25. The minimum Gasteiger partial charge on any atom is -0.379 e. The molecule has 1 fully saturated rings. The van der Waals surface area contributed by atoms with Crippen molar-refractivity contribution in [1.29, 1.82) is 0 Å². The highest BCUT2D eigenvalue weighted by molar-refractivity contribution is 6.08. The average Bonchev–Trinajstić information content (AvgIpc) is 3.26. The Labute approximate surface area is 176 Å². The van der Waals surface area contributed by atoms with Gasteiger partial charge in [-0.2, -0.15) is 0 Å². The first-order chi connectivity index (χ1) is 14.4. The third-order valence-electron chi connectivity index (χ3n) is 5.81. The summed E-state index contributed by atoms with van der Waals surface area (Å²) in [5.41, 5.74) is 4.31. The summed E-state index contributed by atoms with van der Waals surface area (Å²) >= 11 is 0. The summed E-state index contributed by atoms with van der Waals surface area (Å²) in [4.78, 5) is 30.1. The minimum absolute atomic E-state index is 0.0415. The van der Waals surface area contributed by atoms with Crippen LogP contribution in [0.5, 0.6) is 0 Å². The number of hydrogen-bond acceptors (Lipinski definition) is 4. The molecule has 0 unspecified atom stereocenters. The monoisotopic (exact) mass is 408 g/mol. The predicted octanol–water partition coefficient (Wildman–Crippen LogP) is 3.37. The second kappa shape index (κ2) is 8.45. The summed E-state index contributed by atoms with van der Waals surface area (Å²) in [5, 5.41) is 4.03. The highest BCUT2D eigenvalue weighted by Crippen LogP contribution is 2.23. The van der Waals surface area contributed by atoms with Crippen molar-refractivity contribution in [3.05, 3.63) is 53.0 Å². The number of H-pyrrole nitrogens is 1. The molecule has 2 N–H and O–H groups in total. The number of carbonyl (C=O) groups is 2. The lowest BCUT2D eigenvalue weighted by Crippen LogP contribution is -2.38. The molecule has 1 amide bonds. The quantitative estimate of drug-likeness (QED) is 0.613. The molecule has 3 heterocycles. The largest absolute Gasteiger partial charge is 0.379 e. The van der Waals surface area contributed by atoms with Crippen LogP contribution in [0, 0.1) is 13.8 Å². The Hall–Kier alpha value is -2.90. The number of hydrogen-bond donors (Lipinski definition) is 2. The highest BCUT2D eigenvalue weighted by atomic mass is 16.5. The molecule has 7 heteroatoms. The van der Waals surface area contributed by atoms with Crippen LogP contribution in [0.2, 0.25) is 0 Å². The molecule has 3 aromatic rings. The number of amides is 1. The van der Waals surface area contributed by atoms with Crippen LogP contribution in [-0.2, 0) is 11.3 Å². The maximum atomic E-state index is 12.8. The van der Waals surface area contributed by atoms with Gasteiger partial charge in [0, 0.05) is 60.2 Å². The molecular weight excluding hydrogens is 380 g/mol. The molecule has 30 heavy (non-hydrogen) atoms.